The Labute approximate surface area is 120 Å². The van der Waals surface area contributed by atoms with Gasteiger partial charge in [-0.25, -0.2) is 4.39 Å². The summed E-state index contributed by atoms with van der Waals surface area (Å²) in [6, 6.07) is 10.8. The van der Waals surface area contributed by atoms with Crippen molar-refractivity contribution in [1.82, 2.24) is 0 Å². The second-order valence-electron chi connectivity index (χ2n) is 4.42. The van der Waals surface area contributed by atoms with Crippen LogP contribution in [0.5, 0.6) is 11.5 Å². The van der Waals surface area contributed by atoms with Gasteiger partial charge < -0.3 is 14.8 Å². The van der Waals surface area contributed by atoms with Crippen molar-refractivity contribution < 1.29 is 18.7 Å². The average Bonchev–Trinajstić information content (AvgIpc) is 2.95. The number of benzene rings is 2. The molecular weight excluding hydrogens is 273 g/mol. The Morgan fingerprint density at radius 2 is 1.86 bits per heavy atom. The molecule has 21 heavy (non-hydrogen) atoms. The molecule has 106 valence electrons. The van der Waals surface area contributed by atoms with Crippen molar-refractivity contribution >= 4 is 11.5 Å². The zero-order valence-electron chi connectivity index (χ0n) is 11.0. The molecule has 0 radical (unpaired) electrons. The van der Waals surface area contributed by atoms with Crippen LogP contribution in [-0.2, 0) is 0 Å². The highest BCUT2D eigenvalue weighted by atomic mass is 19.1. The Morgan fingerprint density at radius 3 is 2.67 bits per heavy atom. The first kappa shape index (κ1) is 13.2. The highest BCUT2D eigenvalue weighted by molar-refractivity contribution is 6.04. The predicted molar refractivity (Wildman–Crippen MR) is 76.1 cm³/mol. The smallest absolute Gasteiger partial charge is 0.231 e. The van der Waals surface area contributed by atoms with Crippen LogP contribution in [0.2, 0.25) is 0 Å². The molecule has 1 aliphatic heterocycles. The molecule has 0 unspecified atom stereocenters. The normalized spacial score (nSPS) is 12.6. The van der Waals surface area contributed by atoms with Gasteiger partial charge in [-0.3, -0.25) is 4.79 Å². The summed E-state index contributed by atoms with van der Waals surface area (Å²) in [5.74, 6) is 0.794. The van der Waals surface area contributed by atoms with Gasteiger partial charge in [-0.05, 0) is 36.4 Å². The maximum atomic E-state index is 12.8. The minimum atomic E-state index is -0.367. The monoisotopic (exact) mass is 285 g/mol. The van der Waals surface area contributed by atoms with Crippen molar-refractivity contribution in [3.05, 3.63) is 66.1 Å². The molecule has 0 spiro atoms. The van der Waals surface area contributed by atoms with E-state index in [1.807, 2.05) is 6.07 Å². The number of carbonyl (C=O) groups excluding carboxylic acids is 1. The fraction of sp³-hybridized carbons (Fsp3) is 0.0625. The topological polar surface area (TPSA) is 47.6 Å². The number of rotatable bonds is 4. The summed E-state index contributed by atoms with van der Waals surface area (Å²) in [4.78, 5) is 11.8. The van der Waals surface area contributed by atoms with Crippen molar-refractivity contribution in [2.75, 3.05) is 12.1 Å². The molecule has 3 rings (SSSR count). The third-order valence-electron chi connectivity index (χ3n) is 2.99. The number of allylic oxidation sites excluding steroid dienone is 1. The van der Waals surface area contributed by atoms with Crippen LogP contribution >= 0.6 is 0 Å². The number of carbonyl (C=O) groups is 1. The second kappa shape index (κ2) is 5.66. The molecule has 0 saturated carbocycles. The molecule has 0 saturated heterocycles. The minimum absolute atomic E-state index is 0.205. The number of halogens is 1. The van der Waals surface area contributed by atoms with Crippen LogP contribution in [-0.4, -0.2) is 12.6 Å². The third-order valence-corrected chi connectivity index (χ3v) is 2.99. The van der Waals surface area contributed by atoms with Gasteiger partial charge in [0, 0.05) is 29.6 Å². The van der Waals surface area contributed by atoms with Crippen LogP contribution in [0, 0.1) is 5.82 Å². The second-order valence-corrected chi connectivity index (χ2v) is 4.42. The van der Waals surface area contributed by atoms with Crippen molar-refractivity contribution in [3.63, 3.8) is 0 Å². The number of anilines is 1. The van der Waals surface area contributed by atoms with Gasteiger partial charge in [0.25, 0.3) is 0 Å². The quantitative estimate of drug-likeness (QED) is 0.691. The van der Waals surface area contributed by atoms with Gasteiger partial charge in [0.15, 0.2) is 17.3 Å². The van der Waals surface area contributed by atoms with Crippen LogP contribution < -0.4 is 14.8 Å². The van der Waals surface area contributed by atoms with Crippen LogP contribution in [0.1, 0.15) is 10.4 Å². The lowest BCUT2D eigenvalue weighted by atomic mass is 10.1. The summed E-state index contributed by atoms with van der Waals surface area (Å²) in [6.45, 7) is 0.220. The zero-order valence-corrected chi connectivity index (χ0v) is 11.0. The van der Waals surface area contributed by atoms with Crippen molar-refractivity contribution in [3.8, 4) is 11.5 Å². The molecule has 0 amide bonds. The summed E-state index contributed by atoms with van der Waals surface area (Å²) in [5.41, 5.74) is 1.21. The summed E-state index contributed by atoms with van der Waals surface area (Å²) in [6.07, 6.45) is 2.92. The van der Waals surface area contributed by atoms with E-state index < -0.39 is 0 Å². The first-order valence-electron chi connectivity index (χ1n) is 6.35. The first-order chi connectivity index (χ1) is 10.2. The lowest BCUT2D eigenvalue weighted by Crippen LogP contribution is -1.96. The van der Waals surface area contributed by atoms with Crippen LogP contribution in [0.15, 0.2) is 54.7 Å². The molecule has 4 nitrogen and oxygen atoms in total. The van der Waals surface area contributed by atoms with Gasteiger partial charge in [0.05, 0.1) is 0 Å². The lowest BCUT2D eigenvalue weighted by Gasteiger charge is -2.02. The van der Waals surface area contributed by atoms with E-state index in [1.54, 1.807) is 12.1 Å². The molecule has 1 aliphatic rings. The van der Waals surface area contributed by atoms with Gasteiger partial charge in [-0.15, -0.1) is 0 Å². The Bertz CT molecular complexity index is 695. The van der Waals surface area contributed by atoms with E-state index in [4.69, 9.17) is 9.47 Å². The number of ketones is 1. The Hall–Kier alpha value is -2.82. The minimum Gasteiger partial charge on any atom is -0.454 e. The molecule has 0 bridgehead atoms. The summed E-state index contributed by atoms with van der Waals surface area (Å²) in [7, 11) is 0. The fourth-order valence-electron chi connectivity index (χ4n) is 1.91. The van der Waals surface area contributed by atoms with Gasteiger partial charge in [-0.1, -0.05) is 0 Å². The van der Waals surface area contributed by atoms with Gasteiger partial charge in [0.2, 0.25) is 6.79 Å². The number of nitrogens with one attached hydrogen (secondary N) is 1. The molecule has 5 heteroatoms. The van der Waals surface area contributed by atoms with E-state index >= 15 is 0 Å². The predicted octanol–water partition coefficient (Wildman–Crippen LogP) is 3.36. The summed E-state index contributed by atoms with van der Waals surface area (Å²) >= 11 is 0. The van der Waals surface area contributed by atoms with E-state index in [2.05, 4.69) is 5.32 Å². The SMILES string of the molecule is O=C(/C=C/Nc1ccc2c(c1)OCO2)c1ccc(F)cc1. The zero-order chi connectivity index (χ0) is 14.7. The van der Waals surface area contributed by atoms with Gasteiger partial charge >= 0.3 is 0 Å². The van der Waals surface area contributed by atoms with Crippen molar-refractivity contribution in [2.24, 2.45) is 0 Å². The lowest BCUT2D eigenvalue weighted by molar-refractivity contribution is 0.104. The molecule has 2 aromatic carbocycles. The van der Waals surface area contributed by atoms with Gasteiger partial charge in [0.1, 0.15) is 5.82 Å². The summed E-state index contributed by atoms with van der Waals surface area (Å²) in [5, 5.41) is 2.98. The van der Waals surface area contributed by atoms with Crippen LogP contribution in [0.3, 0.4) is 0 Å². The Kier molecular flexibility index (Phi) is 3.55. The largest absolute Gasteiger partial charge is 0.454 e. The van der Waals surface area contributed by atoms with E-state index in [0.717, 1.165) is 5.69 Å². The Morgan fingerprint density at radius 1 is 1.10 bits per heavy atom. The molecule has 0 aliphatic carbocycles. The molecule has 1 N–H and O–H groups in total. The number of hydrogen-bond donors (Lipinski definition) is 1. The molecule has 0 atom stereocenters. The number of ether oxygens (including phenoxy) is 2. The van der Waals surface area contributed by atoms with E-state index in [1.165, 1.54) is 36.5 Å². The first-order valence-corrected chi connectivity index (χ1v) is 6.35. The fourth-order valence-corrected chi connectivity index (χ4v) is 1.91. The number of hydrogen-bond acceptors (Lipinski definition) is 4. The van der Waals surface area contributed by atoms with Crippen LogP contribution in [0.4, 0.5) is 10.1 Å². The van der Waals surface area contributed by atoms with E-state index in [9.17, 15) is 9.18 Å². The number of fused-ring (bicyclic) bond motifs is 1. The average molecular weight is 285 g/mol. The maximum absolute atomic E-state index is 12.8. The highest BCUT2D eigenvalue weighted by Crippen LogP contribution is 2.34. The summed E-state index contributed by atoms with van der Waals surface area (Å²) < 4.78 is 23.2. The molecular formula is C16H12FNO3. The molecule has 0 fully saturated rings. The van der Waals surface area contributed by atoms with Gasteiger partial charge in [-0.2, -0.15) is 0 Å². The standard InChI is InChI=1S/C16H12FNO3/c17-12-3-1-11(2-4-12)14(19)7-8-18-13-5-6-15-16(9-13)21-10-20-15/h1-9,18H,10H2/b8-7+. The molecule has 1 heterocycles. The maximum Gasteiger partial charge on any atom is 0.231 e. The van der Waals surface area contributed by atoms with Crippen molar-refractivity contribution in [1.29, 1.82) is 0 Å². The molecule has 0 aromatic heterocycles. The van der Waals surface area contributed by atoms with E-state index in [0.29, 0.717) is 17.1 Å². The third kappa shape index (κ3) is 3.02. The van der Waals surface area contributed by atoms with E-state index in [-0.39, 0.29) is 18.4 Å². The Balaban J connectivity index is 1.64. The van der Waals surface area contributed by atoms with Crippen molar-refractivity contribution in [2.45, 2.75) is 0 Å². The molecule has 2 aromatic rings. The van der Waals surface area contributed by atoms with Crippen LogP contribution in [0.25, 0.3) is 0 Å². The highest BCUT2D eigenvalue weighted by Gasteiger charge is 2.12.